The second-order valence-corrected chi connectivity index (χ2v) is 7.22. The van der Waals surface area contributed by atoms with E-state index in [1.54, 1.807) is 24.3 Å². The van der Waals surface area contributed by atoms with Crippen LogP contribution in [0.4, 0.5) is 4.39 Å². The highest BCUT2D eigenvalue weighted by Crippen LogP contribution is 2.22. The number of hydrogen-bond acceptors (Lipinski definition) is 3. The maximum atomic E-state index is 13.6. The number of guanidine groups is 1. The summed E-state index contributed by atoms with van der Waals surface area (Å²) in [6.07, 6.45) is 0. The summed E-state index contributed by atoms with van der Waals surface area (Å²) < 4.78 is 14.0. The first-order valence-corrected chi connectivity index (χ1v) is 9.37. The minimum atomic E-state index is -0.986. The molecule has 1 aromatic heterocycles. The number of rotatable bonds is 6. The van der Waals surface area contributed by atoms with Crippen molar-refractivity contribution in [2.45, 2.75) is 26.0 Å². The predicted octanol–water partition coefficient (Wildman–Crippen LogP) is 4.23. The van der Waals surface area contributed by atoms with Gasteiger partial charge in [-0.15, -0.1) is 24.0 Å². The van der Waals surface area contributed by atoms with Gasteiger partial charge in [-0.2, -0.15) is 11.3 Å². The molecule has 0 radical (unpaired) electrons. The van der Waals surface area contributed by atoms with E-state index in [9.17, 15) is 9.50 Å². The van der Waals surface area contributed by atoms with Gasteiger partial charge < -0.3 is 15.7 Å². The van der Waals surface area contributed by atoms with E-state index in [0.29, 0.717) is 30.1 Å². The fraction of sp³-hybridized carbons (Fsp3) is 0.353. The number of benzene rings is 1. The lowest BCUT2D eigenvalue weighted by Crippen LogP contribution is -2.44. The normalized spacial score (nSPS) is 13.7. The SMILES string of the molecule is CCNC(=NCc1ccc(Br)c(F)c1)NCC(C)(O)c1ccsc1.I. The highest BCUT2D eigenvalue weighted by atomic mass is 127. The lowest BCUT2D eigenvalue weighted by atomic mass is 9.99. The molecule has 0 bridgehead atoms. The van der Waals surface area contributed by atoms with Gasteiger partial charge in [-0.1, -0.05) is 6.07 Å². The molecule has 4 nitrogen and oxygen atoms in total. The highest BCUT2D eigenvalue weighted by molar-refractivity contribution is 14.0. The van der Waals surface area contributed by atoms with E-state index < -0.39 is 5.60 Å². The second kappa shape index (κ2) is 10.4. The molecule has 0 aliphatic carbocycles. The van der Waals surface area contributed by atoms with Crippen LogP contribution in [0.5, 0.6) is 0 Å². The summed E-state index contributed by atoms with van der Waals surface area (Å²) >= 11 is 4.69. The number of aliphatic hydroxyl groups is 1. The largest absolute Gasteiger partial charge is 0.384 e. The first-order valence-electron chi connectivity index (χ1n) is 7.63. The summed E-state index contributed by atoms with van der Waals surface area (Å²) in [7, 11) is 0. The van der Waals surface area contributed by atoms with Gasteiger partial charge in [0, 0.05) is 6.54 Å². The molecule has 1 atom stereocenters. The van der Waals surface area contributed by atoms with Gasteiger partial charge in [0.05, 0.1) is 17.6 Å². The Balaban J connectivity index is 0.00000312. The van der Waals surface area contributed by atoms with Gasteiger partial charge in [-0.3, -0.25) is 0 Å². The Kier molecular flexibility index (Phi) is 9.33. The van der Waals surface area contributed by atoms with Crippen LogP contribution in [0.15, 0.2) is 44.5 Å². The lowest BCUT2D eigenvalue weighted by Gasteiger charge is -2.24. The van der Waals surface area contributed by atoms with Crippen molar-refractivity contribution in [1.82, 2.24) is 10.6 Å². The van der Waals surface area contributed by atoms with Crippen LogP contribution >= 0.6 is 51.2 Å². The van der Waals surface area contributed by atoms with Crippen molar-refractivity contribution in [3.63, 3.8) is 0 Å². The van der Waals surface area contributed by atoms with E-state index in [-0.39, 0.29) is 29.8 Å². The number of aliphatic imine (C=N–C) groups is 1. The van der Waals surface area contributed by atoms with Crippen molar-refractivity contribution < 1.29 is 9.50 Å². The van der Waals surface area contributed by atoms with Crippen molar-refractivity contribution in [1.29, 1.82) is 0 Å². The van der Waals surface area contributed by atoms with E-state index in [1.807, 2.05) is 29.8 Å². The summed E-state index contributed by atoms with van der Waals surface area (Å²) in [5.41, 5.74) is 0.656. The van der Waals surface area contributed by atoms with Crippen molar-refractivity contribution in [3.8, 4) is 0 Å². The molecule has 2 rings (SSSR count). The number of nitrogens with zero attached hydrogens (tertiary/aromatic N) is 1. The third-order valence-electron chi connectivity index (χ3n) is 3.49. The molecule has 0 saturated carbocycles. The second-order valence-electron chi connectivity index (χ2n) is 5.58. The Bertz CT molecular complexity index is 695. The van der Waals surface area contributed by atoms with Crippen LogP contribution in [-0.4, -0.2) is 24.2 Å². The fourth-order valence-electron chi connectivity index (χ4n) is 2.08. The molecule has 0 spiro atoms. The number of thiophene rings is 1. The number of halogens is 3. The fourth-order valence-corrected chi connectivity index (χ4v) is 3.11. The van der Waals surface area contributed by atoms with Gasteiger partial charge in [-0.25, -0.2) is 9.38 Å². The standard InChI is InChI=1S/C17H21BrFN3OS.HI/c1-3-20-16(21-9-12-4-5-14(18)15(19)8-12)22-11-17(2,23)13-6-7-24-10-13;/h4-8,10,23H,3,9,11H2,1-2H3,(H2,20,21,22);1H. The minimum absolute atomic E-state index is 0. The number of hydrogen-bond donors (Lipinski definition) is 3. The quantitative estimate of drug-likeness (QED) is 0.291. The summed E-state index contributed by atoms with van der Waals surface area (Å²) in [4.78, 5) is 4.44. The average molecular weight is 542 g/mol. The summed E-state index contributed by atoms with van der Waals surface area (Å²) in [5.74, 6) is 0.275. The van der Waals surface area contributed by atoms with Crippen molar-refractivity contribution in [3.05, 3.63) is 56.4 Å². The summed E-state index contributed by atoms with van der Waals surface area (Å²) in [6, 6.07) is 6.85. The topological polar surface area (TPSA) is 56.7 Å². The molecule has 3 N–H and O–H groups in total. The molecular formula is C17H22BrFIN3OS. The predicted molar refractivity (Wildman–Crippen MR) is 116 cm³/mol. The van der Waals surface area contributed by atoms with Crippen LogP contribution in [0.2, 0.25) is 0 Å². The summed E-state index contributed by atoms with van der Waals surface area (Å²) in [6.45, 7) is 5.09. The van der Waals surface area contributed by atoms with Gasteiger partial charge in [0.25, 0.3) is 0 Å². The van der Waals surface area contributed by atoms with E-state index in [1.165, 1.54) is 6.07 Å². The van der Waals surface area contributed by atoms with Crippen molar-refractivity contribution in [2.24, 2.45) is 4.99 Å². The molecule has 0 aliphatic heterocycles. The first-order chi connectivity index (χ1) is 11.4. The third-order valence-corrected chi connectivity index (χ3v) is 4.82. The maximum absolute atomic E-state index is 13.6. The Morgan fingerprint density at radius 2 is 2.12 bits per heavy atom. The zero-order valence-electron chi connectivity index (χ0n) is 14.1. The molecule has 2 aromatic rings. The molecule has 25 heavy (non-hydrogen) atoms. The molecule has 8 heteroatoms. The average Bonchev–Trinajstić information content (AvgIpc) is 3.09. The Hall–Kier alpha value is -0.710. The Morgan fingerprint density at radius 1 is 1.36 bits per heavy atom. The van der Waals surface area contributed by atoms with E-state index in [0.717, 1.165) is 11.1 Å². The Labute approximate surface area is 177 Å². The van der Waals surface area contributed by atoms with Gasteiger partial charge in [0.2, 0.25) is 0 Å². The van der Waals surface area contributed by atoms with Gasteiger partial charge in [0.1, 0.15) is 11.4 Å². The molecule has 0 aliphatic rings. The van der Waals surface area contributed by atoms with Crippen LogP contribution in [0, 0.1) is 5.82 Å². The van der Waals surface area contributed by atoms with Crippen LogP contribution < -0.4 is 10.6 Å². The molecule has 0 amide bonds. The zero-order chi connectivity index (χ0) is 17.6. The molecular weight excluding hydrogens is 520 g/mol. The van der Waals surface area contributed by atoms with Crippen LogP contribution in [-0.2, 0) is 12.1 Å². The molecule has 1 aromatic carbocycles. The van der Waals surface area contributed by atoms with E-state index in [2.05, 4.69) is 31.6 Å². The van der Waals surface area contributed by atoms with Gasteiger partial charge >= 0.3 is 0 Å². The molecule has 0 fully saturated rings. The van der Waals surface area contributed by atoms with Crippen molar-refractivity contribution in [2.75, 3.05) is 13.1 Å². The van der Waals surface area contributed by atoms with Crippen LogP contribution in [0.3, 0.4) is 0 Å². The van der Waals surface area contributed by atoms with Gasteiger partial charge in [-0.05, 0) is 69.9 Å². The zero-order valence-corrected chi connectivity index (χ0v) is 18.8. The highest BCUT2D eigenvalue weighted by Gasteiger charge is 2.23. The van der Waals surface area contributed by atoms with E-state index in [4.69, 9.17) is 0 Å². The molecule has 1 heterocycles. The molecule has 1 unspecified atom stereocenters. The Morgan fingerprint density at radius 3 is 2.72 bits per heavy atom. The smallest absolute Gasteiger partial charge is 0.191 e. The monoisotopic (exact) mass is 541 g/mol. The van der Waals surface area contributed by atoms with Crippen LogP contribution in [0.25, 0.3) is 0 Å². The lowest BCUT2D eigenvalue weighted by molar-refractivity contribution is 0.0621. The maximum Gasteiger partial charge on any atom is 0.191 e. The van der Waals surface area contributed by atoms with Crippen molar-refractivity contribution >= 4 is 57.2 Å². The number of nitrogens with one attached hydrogen (secondary N) is 2. The molecule has 0 saturated heterocycles. The third kappa shape index (κ3) is 6.84. The van der Waals surface area contributed by atoms with Gasteiger partial charge in [0.15, 0.2) is 5.96 Å². The van der Waals surface area contributed by atoms with Crippen LogP contribution in [0.1, 0.15) is 25.0 Å². The minimum Gasteiger partial charge on any atom is -0.384 e. The summed E-state index contributed by atoms with van der Waals surface area (Å²) in [5, 5.41) is 20.7. The molecule has 138 valence electrons. The van der Waals surface area contributed by atoms with E-state index >= 15 is 0 Å². The first kappa shape index (κ1) is 22.3.